The largest absolute Gasteiger partial charge is 0.305 e. The van der Waals surface area contributed by atoms with E-state index in [1.165, 1.54) is 0 Å². The van der Waals surface area contributed by atoms with Crippen molar-refractivity contribution in [2.45, 2.75) is 19.5 Å². The third-order valence-corrected chi connectivity index (χ3v) is 3.34. The van der Waals surface area contributed by atoms with Crippen molar-refractivity contribution < 1.29 is 0 Å². The Morgan fingerprint density at radius 1 is 1.29 bits per heavy atom. The normalized spacial score (nSPS) is 12.6. The number of halogens is 2. The Labute approximate surface area is 110 Å². The molecule has 2 N–H and O–H groups in total. The maximum atomic E-state index is 5.98. The van der Waals surface area contributed by atoms with E-state index in [1.54, 1.807) is 6.20 Å². The maximum absolute atomic E-state index is 5.98. The summed E-state index contributed by atoms with van der Waals surface area (Å²) in [5.41, 5.74) is 2.16. The molecule has 5 heteroatoms. The van der Waals surface area contributed by atoms with Gasteiger partial charge in [0, 0.05) is 24.5 Å². The van der Waals surface area contributed by atoms with Gasteiger partial charge in [0.15, 0.2) is 0 Å². The SMILES string of the molecule is CC(NCc1ccn[nH]1)c1ccc(Cl)c(Cl)c1. The second-order valence-corrected chi connectivity index (χ2v) is 4.67. The summed E-state index contributed by atoms with van der Waals surface area (Å²) >= 11 is 11.9. The fourth-order valence-electron chi connectivity index (χ4n) is 1.55. The van der Waals surface area contributed by atoms with Gasteiger partial charge in [0.2, 0.25) is 0 Å². The van der Waals surface area contributed by atoms with Gasteiger partial charge in [-0.3, -0.25) is 5.10 Å². The van der Waals surface area contributed by atoms with Crippen LogP contribution in [-0.4, -0.2) is 10.2 Å². The molecule has 1 aromatic carbocycles. The number of H-pyrrole nitrogens is 1. The van der Waals surface area contributed by atoms with Crippen LogP contribution in [0.2, 0.25) is 10.0 Å². The zero-order chi connectivity index (χ0) is 12.3. The molecule has 2 rings (SSSR count). The fourth-order valence-corrected chi connectivity index (χ4v) is 1.85. The molecule has 0 aliphatic carbocycles. The molecular weight excluding hydrogens is 257 g/mol. The zero-order valence-corrected chi connectivity index (χ0v) is 10.9. The summed E-state index contributed by atoms with van der Waals surface area (Å²) in [5.74, 6) is 0. The average molecular weight is 270 g/mol. The zero-order valence-electron chi connectivity index (χ0n) is 9.37. The van der Waals surface area contributed by atoms with Gasteiger partial charge >= 0.3 is 0 Å². The molecule has 1 heterocycles. The third kappa shape index (κ3) is 3.22. The molecule has 17 heavy (non-hydrogen) atoms. The molecule has 0 radical (unpaired) electrons. The van der Waals surface area contributed by atoms with Crippen molar-refractivity contribution in [2.24, 2.45) is 0 Å². The van der Waals surface area contributed by atoms with Crippen LogP contribution in [0, 0.1) is 0 Å². The van der Waals surface area contributed by atoms with Crippen LogP contribution in [0.1, 0.15) is 24.2 Å². The van der Waals surface area contributed by atoms with Crippen molar-refractivity contribution in [1.29, 1.82) is 0 Å². The summed E-state index contributed by atoms with van der Waals surface area (Å²) in [6, 6.07) is 7.81. The molecule has 0 amide bonds. The first kappa shape index (κ1) is 12.4. The topological polar surface area (TPSA) is 40.7 Å². The molecule has 1 atom stereocenters. The first-order chi connectivity index (χ1) is 8.16. The van der Waals surface area contributed by atoms with Crippen LogP contribution in [0.5, 0.6) is 0 Å². The summed E-state index contributed by atoms with van der Waals surface area (Å²) in [7, 11) is 0. The van der Waals surface area contributed by atoms with Gasteiger partial charge < -0.3 is 5.32 Å². The van der Waals surface area contributed by atoms with Crippen molar-refractivity contribution in [1.82, 2.24) is 15.5 Å². The molecule has 1 aromatic heterocycles. The van der Waals surface area contributed by atoms with Gasteiger partial charge in [0.1, 0.15) is 0 Å². The molecule has 0 bridgehead atoms. The Morgan fingerprint density at radius 3 is 2.76 bits per heavy atom. The second-order valence-electron chi connectivity index (χ2n) is 3.86. The first-order valence-corrected chi connectivity index (χ1v) is 6.09. The molecule has 1 unspecified atom stereocenters. The van der Waals surface area contributed by atoms with E-state index in [2.05, 4.69) is 22.4 Å². The van der Waals surface area contributed by atoms with Gasteiger partial charge in [-0.1, -0.05) is 29.3 Å². The highest BCUT2D eigenvalue weighted by Gasteiger charge is 2.07. The number of hydrogen-bond donors (Lipinski definition) is 2. The van der Waals surface area contributed by atoms with Gasteiger partial charge in [0.25, 0.3) is 0 Å². The van der Waals surface area contributed by atoms with E-state index in [0.717, 1.165) is 17.8 Å². The van der Waals surface area contributed by atoms with E-state index in [0.29, 0.717) is 10.0 Å². The number of nitrogens with one attached hydrogen (secondary N) is 2. The summed E-state index contributed by atoms with van der Waals surface area (Å²) in [6.07, 6.45) is 1.74. The monoisotopic (exact) mass is 269 g/mol. The highest BCUT2D eigenvalue weighted by atomic mass is 35.5. The van der Waals surface area contributed by atoms with Crippen LogP contribution >= 0.6 is 23.2 Å². The lowest BCUT2D eigenvalue weighted by Gasteiger charge is -2.14. The van der Waals surface area contributed by atoms with E-state index in [-0.39, 0.29) is 6.04 Å². The first-order valence-electron chi connectivity index (χ1n) is 5.33. The van der Waals surface area contributed by atoms with Crippen LogP contribution in [-0.2, 0) is 6.54 Å². The minimum Gasteiger partial charge on any atom is -0.305 e. The number of benzene rings is 1. The van der Waals surface area contributed by atoms with Crippen molar-refractivity contribution in [3.8, 4) is 0 Å². The van der Waals surface area contributed by atoms with Crippen molar-refractivity contribution in [2.75, 3.05) is 0 Å². The van der Waals surface area contributed by atoms with E-state index >= 15 is 0 Å². The Balaban J connectivity index is 1.99. The molecule has 3 nitrogen and oxygen atoms in total. The van der Waals surface area contributed by atoms with E-state index < -0.39 is 0 Å². The standard InChI is InChI=1S/C12H13Cl2N3/c1-8(15-7-10-4-5-16-17-10)9-2-3-11(13)12(14)6-9/h2-6,8,15H,7H2,1H3,(H,16,17). The quantitative estimate of drug-likeness (QED) is 0.891. The Bertz CT molecular complexity index is 483. The van der Waals surface area contributed by atoms with Crippen LogP contribution in [0.25, 0.3) is 0 Å². The lowest BCUT2D eigenvalue weighted by atomic mass is 10.1. The Kier molecular flexibility index (Phi) is 4.05. The van der Waals surface area contributed by atoms with E-state index in [4.69, 9.17) is 23.2 Å². The maximum Gasteiger partial charge on any atom is 0.0595 e. The van der Waals surface area contributed by atoms with Crippen molar-refractivity contribution in [3.63, 3.8) is 0 Å². The molecule has 0 saturated heterocycles. The van der Waals surface area contributed by atoms with E-state index in [1.807, 2.05) is 24.3 Å². The van der Waals surface area contributed by atoms with Gasteiger partial charge in [-0.2, -0.15) is 5.10 Å². The second kappa shape index (κ2) is 5.54. The van der Waals surface area contributed by atoms with Crippen molar-refractivity contribution in [3.05, 3.63) is 51.8 Å². The van der Waals surface area contributed by atoms with Gasteiger partial charge in [-0.15, -0.1) is 0 Å². The minimum atomic E-state index is 0.202. The van der Waals surface area contributed by atoms with Crippen LogP contribution in [0.3, 0.4) is 0 Å². The molecule has 90 valence electrons. The van der Waals surface area contributed by atoms with Gasteiger partial charge in [-0.05, 0) is 30.7 Å². The summed E-state index contributed by atoms with van der Waals surface area (Å²) in [6.45, 7) is 2.82. The van der Waals surface area contributed by atoms with Gasteiger partial charge in [-0.25, -0.2) is 0 Å². The van der Waals surface area contributed by atoms with Crippen LogP contribution < -0.4 is 5.32 Å². The lowest BCUT2D eigenvalue weighted by Crippen LogP contribution is -2.18. The minimum absolute atomic E-state index is 0.202. The summed E-state index contributed by atoms with van der Waals surface area (Å²) < 4.78 is 0. The van der Waals surface area contributed by atoms with Crippen LogP contribution in [0.4, 0.5) is 0 Å². The number of rotatable bonds is 4. The number of nitrogens with zero attached hydrogens (tertiary/aromatic N) is 1. The third-order valence-electron chi connectivity index (χ3n) is 2.60. The van der Waals surface area contributed by atoms with Gasteiger partial charge in [0.05, 0.1) is 10.0 Å². The van der Waals surface area contributed by atoms with Crippen molar-refractivity contribution >= 4 is 23.2 Å². The molecule has 2 aromatic rings. The molecule has 0 fully saturated rings. The number of aromatic amines is 1. The highest BCUT2D eigenvalue weighted by molar-refractivity contribution is 6.42. The number of hydrogen-bond acceptors (Lipinski definition) is 2. The molecule has 0 aliphatic heterocycles. The summed E-state index contributed by atoms with van der Waals surface area (Å²) in [5, 5.41) is 11.3. The predicted octanol–water partition coefficient (Wildman–Crippen LogP) is 3.57. The van der Waals surface area contributed by atoms with E-state index in [9.17, 15) is 0 Å². The highest BCUT2D eigenvalue weighted by Crippen LogP contribution is 2.25. The van der Waals surface area contributed by atoms with Crippen LogP contribution in [0.15, 0.2) is 30.5 Å². The summed E-state index contributed by atoms with van der Waals surface area (Å²) in [4.78, 5) is 0. The molecule has 0 aliphatic rings. The molecular formula is C12H13Cl2N3. The average Bonchev–Trinajstić information content (AvgIpc) is 2.82. The Morgan fingerprint density at radius 2 is 2.12 bits per heavy atom. The lowest BCUT2D eigenvalue weighted by molar-refractivity contribution is 0.567. The smallest absolute Gasteiger partial charge is 0.0595 e. The number of aromatic nitrogens is 2. The molecule has 0 saturated carbocycles. The molecule has 0 spiro atoms. The predicted molar refractivity (Wildman–Crippen MR) is 70.3 cm³/mol. The fraction of sp³-hybridized carbons (Fsp3) is 0.250. The Hall–Kier alpha value is -1.03.